The second-order valence-corrected chi connectivity index (χ2v) is 3.89. The number of halogens is 1. The number of carbonyl (C=O) groups excluding carboxylic acids is 1. The van der Waals surface area contributed by atoms with Crippen LogP contribution in [0.3, 0.4) is 0 Å². The summed E-state index contributed by atoms with van der Waals surface area (Å²) in [7, 11) is 0. The van der Waals surface area contributed by atoms with Gasteiger partial charge in [-0.2, -0.15) is 0 Å². The number of likely N-dealkylation sites (N-methyl/N-ethyl adjacent to an activating group) is 1. The Bertz CT molecular complexity index is 324. The van der Waals surface area contributed by atoms with Crippen molar-refractivity contribution in [2.45, 2.75) is 13.5 Å². The molecule has 0 fully saturated rings. The molecule has 0 spiro atoms. The number of aliphatic carboxylic acids is 1. The quantitative estimate of drug-likeness (QED) is 0.737. The topological polar surface area (TPSA) is 44.6 Å². The monoisotopic (exact) mass is 227 g/mol. The Morgan fingerprint density at radius 2 is 2.00 bits per heavy atom. The number of hydrogen-bond donors (Lipinski definition) is 1. The Balaban J connectivity index is 2.58. The van der Waals surface area contributed by atoms with E-state index < -0.39 is 5.97 Å². The molecule has 0 amide bonds. The summed E-state index contributed by atoms with van der Waals surface area (Å²) in [5.74, 6) is -1.01. The first-order valence-corrected chi connectivity index (χ1v) is 5.27. The minimum atomic E-state index is -1.01. The number of quaternary nitrogens is 1. The molecule has 0 radical (unpaired) electrons. The van der Waals surface area contributed by atoms with Gasteiger partial charge in [0.15, 0.2) is 0 Å². The molecule has 1 aromatic rings. The predicted molar refractivity (Wildman–Crippen MR) is 56.5 cm³/mol. The smallest absolute Gasteiger partial charge is 0.118 e. The Kier molecular flexibility index (Phi) is 4.59. The molecule has 0 aromatic heterocycles. The number of carboxylic acids is 1. The molecule has 1 N–H and O–H groups in total. The van der Waals surface area contributed by atoms with Gasteiger partial charge in [-0.1, -0.05) is 23.7 Å². The lowest BCUT2D eigenvalue weighted by atomic mass is 10.2. The molecule has 82 valence electrons. The van der Waals surface area contributed by atoms with Crippen molar-refractivity contribution >= 4 is 17.6 Å². The lowest BCUT2D eigenvalue weighted by molar-refractivity contribution is -0.906. The molecule has 1 atom stereocenters. The van der Waals surface area contributed by atoms with Gasteiger partial charge in [0.05, 0.1) is 12.5 Å². The number of rotatable bonds is 5. The standard InChI is InChI=1S/C11H14ClNO2/c1-2-13(8-11(14)15)7-9-3-5-10(12)6-4-9/h3-6H,2,7-8H2,1H3,(H,14,15). The molecule has 15 heavy (non-hydrogen) atoms. The third-order valence-electron chi connectivity index (χ3n) is 2.26. The van der Waals surface area contributed by atoms with E-state index in [1.165, 1.54) is 0 Å². The minimum absolute atomic E-state index is 0.0408. The van der Waals surface area contributed by atoms with Gasteiger partial charge in [-0.05, 0) is 19.1 Å². The maximum Gasteiger partial charge on any atom is 0.118 e. The van der Waals surface area contributed by atoms with Crippen molar-refractivity contribution in [2.75, 3.05) is 13.1 Å². The largest absolute Gasteiger partial charge is 0.544 e. The molecule has 0 saturated carbocycles. The zero-order chi connectivity index (χ0) is 11.3. The van der Waals surface area contributed by atoms with E-state index in [2.05, 4.69) is 0 Å². The zero-order valence-electron chi connectivity index (χ0n) is 8.63. The van der Waals surface area contributed by atoms with Crippen LogP contribution in [0.2, 0.25) is 5.02 Å². The molecule has 0 aliphatic rings. The summed E-state index contributed by atoms with van der Waals surface area (Å²) in [5, 5.41) is 11.2. The van der Waals surface area contributed by atoms with Crippen molar-refractivity contribution in [3.63, 3.8) is 0 Å². The molecule has 0 aliphatic carbocycles. The van der Waals surface area contributed by atoms with Gasteiger partial charge in [-0.3, -0.25) is 0 Å². The summed E-state index contributed by atoms with van der Waals surface area (Å²) in [6, 6.07) is 7.44. The van der Waals surface area contributed by atoms with Crippen LogP contribution in [-0.4, -0.2) is 19.1 Å². The first-order chi connectivity index (χ1) is 7.11. The van der Waals surface area contributed by atoms with Gasteiger partial charge in [0.1, 0.15) is 13.1 Å². The van der Waals surface area contributed by atoms with Gasteiger partial charge in [0.2, 0.25) is 0 Å². The van der Waals surface area contributed by atoms with Crippen molar-refractivity contribution in [3.05, 3.63) is 34.9 Å². The van der Waals surface area contributed by atoms with Gasteiger partial charge in [-0.25, -0.2) is 0 Å². The van der Waals surface area contributed by atoms with Crippen LogP contribution < -0.4 is 10.0 Å². The van der Waals surface area contributed by atoms with Crippen molar-refractivity contribution in [1.29, 1.82) is 0 Å². The molecule has 1 aromatic carbocycles. The van der Waals surface area contributed by atoms with E-state index >= 15 is 0 Å². The summed E-state index contributed by atoms with van der Waals surface area (Å²) in [5.41, 5.74) is 1.08. The number of carbonyl (C=O) groups is 1. The first-order valence-electron chi connectivity index (χ1n) is 4.89. The highest BCUT2D eigenvalue weighted by molar-refractivity contribution is 6.30. The first kappa shape index (κ1) is 12.0. The van der Waals surface area contributed by atoms with Crippen LogP contribution in [-0.2, 0) is 11.3 Å². The van der Waals surface area contributed by atoms with E-state index in [9.17, 15) is 9.90 Å². The van der Waals surface area contributed by atoms with Crippen LogP contribution in [0.5, 0.6) is 0 Å². The molecule has 1 unspecified atom stereocenters. The molecule has 4 heteroatoms. The lowest BCUT2D eigenvalue weighted by Crippen LogP contribution is -3.11. The summed E-state index contributed by atoms with van der Waals surface area (Å²) in [6.07, 6.45) is 0. The molecule has 0 bridgehead atoms. The van der Waals surface area contributed by atoms with Crippen LogP contribution in [0.15, 0.2) is 24.3 Å². The third kappa shape index (κ3) is 4.32. The second-order valence-electron chi connectivity index (χ2n) is 3.46. The molecule has 1 rings (SSSR count). The van der Waals surface area contributed by atoms with Gasteiger partial charge in [0, 0.05) is 10.6 Å². The highest BCUT2D eigenvalue weighted by Gasteiger charge is 2.06. The fraction of sp³-hybridized carbons (Fsp3) is 0.364. The Morgan fingerprint density at radius 3 is 2.47 bits per heavy atom. The Morgan fingerprint density at radius 1 is 1.40 bits per heavy atom. The normalized spacial score (nSPS) is 12.4. The number of carboxylic acid groups (broad SMARTS) is 1. The molecular formula is C11H14ClNO2. The summed E-state index contributed by atoms with van der Waals surface area (Å²) in [4.78, 5) is 11.4. The van der Waals surface area contributed by atoms with E-state index in [0.717, 1.165) is 17.0 Å². The summed E-state index contributed by atoms with van der Waals surface area (Å²) in [6.45, 7) is 3.44. The molecule has 0 saturated heterocycles. The average molecular weight is 228 g/mol. The fourth-order valence-electron chi connectivity index (χ4n) is 1.41. The molecular weight excluding hydrogens is 214 g/mol. The molecule has 0 aliphatic heterocycles. The van der Waals surface area contributed by atoms with Gasteiger partial charge >= 0.3 is 0 Å². The van der Waals surface area contributed by atoms with Crippen LogP contribution in [0.25, 0.3) is 0 Å². The van der Waals surface area contributed by atoms with E-state index in [1.54, 1.807) is 0 Å². The van der Waals surface area contributed by atoms with Crippen molar-refractivity contribution in [1.82, 2.24) is 0 Å². The van der Waals surface area contributed by atoms with E-state index in [0.29, 0.717) is 11.6 Å². The van der Waals surface area contributed by atoms with Gasteiger partial charge in [-0.15, -0.1) is 0 Å². The highest BCUT2D eigenvalue weighted by Crippen LogP contribution is 2.08. The van der Waals surface area contributed by atoms with Crippen LogP contribution >= 0.6 is 11.6 Å². The Hall–Kier alpha value is -1.06. The van der Waals surface area contributed by atoms with Crippen LogP contribution in [0.4, 0.5) is 0 Å². The SMILES string of the molecule is CC[NH+](CC(=O)[O-])Cc1ccc(Cl)cc1. The number of nitrogens with one attached hydrogen (secondary N) is 1. The number of hydrogen-bond acceptors (Lipinski definition) is 2. The summed E-state index contributed by atoms with van der Waals surface area (Å²) >= 11 is 5.76. The van der Waals surface area contributed by atoms with Gasteiger partial charge in [0.25, 0.3) is 0 Å². The minimum Gasteiger partial charge on any atom is -0.544 e. The highest BCUT2D eigenvalue weighted by atomic mass is 35.5. The summed E-state index contributed by atoms with van der Waals surface area (Å²) < 4.78 is 0. The predicted octanol–water partition coefficient (Wildman–Crippen LogP) is -0.505. The van der Waals surface area contributed by atoms with E-state index in [4.69, 9.17) is 11.6 Å². The van der Waals surface area contributed by atoms with Crippen molar-refractivity contribution < 1.29 is 14.8 Å². The van der Waals surface area contributed by atoms with Crippen LogP contribution in [0, 0.1) is 0 Å². The molecule has 3 nitrogen and oxygen atoms in total. The van der Waals surface area contributed by atoms with E-state index in [1.807, 2.05) is 31.2 Å². The Labute approximate surface area is 94.3 Å². The van der Waals surface area contributed by atoms with Crippen molar-refractivity contribution in [3.8, 4) is 0 Å². The fourth-order valence-corrected chi connectivity index (χ4v) is 1.53. The third-order valence-corrected chi connectivity index (χ3v) is 2.51. The van der Waals surface area contributed by atoms with Crippen LogP contribution in [0.1, 0.15) is 12.5 Å². The van der Waals surface area contributed by atoms with E-state index in [-0.39, 0.29) is 6.54 Å². The maximum atomic E-state index is 10.5. The maximum absolute atomic E-state index is 10.5. The average Bonchev–Trinajstić information content (AvgIpc) is 2.19. The second kappa shape index (κ2) is 5.73. The van der Waals surface area contributed by atoms with Crippen molar-refractivity contribution in [2.24, 2.45) is 0 Å². The lowest BCUT2D eigenvalue weighted by Gasteiger charge is -2.17. The number of benzene rings is 1. The van der Waals surface area contributed by atoms with Gasteiger partial charge < -0.3 is 14.8 Å². The zero-order valence-corrected chi connectivity index (χ0v) is 9.38. The molecule has 0 heterocycles.